The Morgan fingerprint density at radius 1 is 1.00 bits per heavy atom. The molecule has 0 bridgehead atoms. The lowest BCUT2D eigenvalue weighted by atomic mass is 10.2. The number of nitrogens with one attached hydrogen (secondary N) is 3. The third kappa shape index (κ3) is 8.68. The van der Waals surface area contributed by atoms with Gasteiger partial charge >= 0.3 is 12.3 Å². The molecular weight excluding hydrogens is 545 g/mol. The molecule has 1 atom stereocenters. The van der Waals surface area contributed by atoms with Gasteiger partial charge < -0.3 is 25.4 Å². The van der Waals surface area contributed by atoms with Crippen molar-refractivity contribution in [3.8, 4) is 11.6 Å². The molecule has 0 aliphatic carbocycles. The van der Waals surface area contributed by atoms with Crippen molar-refractivity contribution in [3.05, 3.63) is 71.2 Å². The number of ether oxygens (including phenoxy) is 2. The number of alkyl halides is 3. The van der Waals surface area contributed by atoms with E-state index in [4.69, 9.17) is 9.47 Å². The van der Waals surface area contributed by atoms with E-state index in [-0.39, 0.29) is 24.6 Å². The quantitative estimate of drug-likeness (QED) is 0.353. The van der Waals surface area contributed by atoms with E-state index < -0.39 is 47.1 Å². The van der Waals surface area contributed by atoms with E-state index in [9.17, 15) is 27.6 Å². The van der Waals surface area contributed by atoms with Gasteiger partial charge in [0, 0.05) is 18.2 Å². The second-order valence-electron chi connectivity index (χ2n) is 9.89. The summed E-state index contributed by atoms with van der Waals surface area (Å²) in [5, 5.41) is 11.2. The average molecular weight is 577 g/mol. The first-order valence-electron chi connectivity index (χ1n) is 12.5. The molecule has 0 spiro atoms. The Hall–Kier alpha value is -4.62. The maximum atomic E-state index is 13.5. The molecule has 0 aliphatic rings. The van der Waals surface area contributed by atoms with Gasteiger partial charge in [-0.3, -0.25) is 9.59 Å². The van der Waals surface area contributed by atoms with Gasteiger partial charge in [0.25, 0.3) is 5.91 Å². The molecule has 0 aliphatic heterocycles. The number of pyridine rings is 1. The molecule has 3 amide bonds. The number of benzene rings is 1. The highest BCUT2D eigenvalue weighted by molar-refractivity contribution is 5.93. The number of halogens is 3. The zero-order valence-electron chi connectivity index (χ0n) is 23.1. The minimum absolute atomic E-state index is 0.00953. The molecule has 2 aromatic heterocycles. The fourth-order valence-corrected chi connectivity index (χ4v) is 3.54. The van der Waals surface area contributed by atoms with Gasteiger partial charge in [0.15, 0.2) is 11.5 Å². The molecule has 0 radical (unpaired) electrons. The fourth-order valence-electron chi connectivity index (χ4n) is 3.54. The van der Waals surface area contributed by atoms with Crippen LogP contribution in [0.4, 0.5) is 18.0 Å². The molecule has 0 saturated heterocycles. The molecule has 3 rings (SSSR count). The van der Waals surface area contributed by atoms with Crippen LogP contribution in [-0.2, 0) is 28.8 Å². The summed E-state index contributed by atoms with van der Waals surface area (Å²) in [7, 11) is 1.46. The molecule has 2 heterocycles. The molecule has 41 heavy (non-hydrogen) atoms. The van der Waals surface area contributed by atoms with Gasteiger partial charge in [-0.25, -0.2) is 14.5 Å². The van der Waals surface area contributed by atoms with E-state index in [1.807, 2.05) is 0 Å². The van der Waals surface area contributed by atoms with Gasteiger partial charge in [0.1, 0.15) is 23.1 Å². The molecule has 0 saturated carbocycles. The van der Waals surface area contributed by atoms with Crippen molar-refractivity contribution < 1.29 is 37.0 Å². The lowest BCUT2D eigenvalue weighted by Crippen LogP contribution is -2.46. The predicted molar refractivity (Wildman–Crippen MR) is 141 cm³/mol. The van der Waals surface area contributed by atoms with Gasteiger partial charge in [0.2, 0.25) is 5.91 Å². The van der Waals surface area contributed by atoms with Crippen molar-refractivity contribution in [2.24, 2.45) is 0 Å². The summed E-state index contributed by atoms with van der Waals surface area (Å²) in [6.07, 6.45) is -5.58. The highest BCUT2D eigenvalue weighted by atomic mass is 19.4. The molecule has 220 valence electrons. The average Bonchev–Trinajstić information content (AvgIpc) is 3.36. The molecule has 1 unspecified atom stereocenters. The topological polar surface area (TPSA) is 136 Å². The van der Waals surface area contributed by atoms with Crippen LogP contribution in [0.2, 0.25) is 0 Å². The smallest absolute Gasteiger partial charge is 0.435 e. The SMILES string of the molecule is COc1ccccc1CNC(=O)c1cc(C(F)(F)F)nn1-c1cccc(CNC(=O)C(C)NC(=O)OC(C)(C)C)n1. The zero-order valence-corrected chi connectivity index (χ0v) is 23.1. The Balaban J connectivity index is 1.77. The van der Waals surface area contributed by atoms with Crippen LogP contribution < -0.4 is 20.7 Å². The maximum absolute atomic E-state index is 13.5. The summed E-state index contributed by atoms with van der Waals surface area (Å²) in [6, 6.07) is 11.0. The Morgan fingerprint density at radius 2 is 1.71 bits per heavy atom. The number of para-hydroxylation sites is 1. The van der Waals surface area contributed by atoms with Crippen LogP contribution in [0.1, 0.15) is 55.1 Å². The first kappa shape index (κ1) is 30.9. The van der Waals surface area contributed by atoms with Gasteiger partial charge in [-0.1, -0.05) is 24.3 Å². The van der Waals surface area contributed by atoms with Crippen LogP contribution in [0.25, 0.3) is 5.82 Å². The Labute approximate surface area is 234 Å². The Bertz CT molecular complexity index is 1400. The van der Waals surface area contributed by atoms with E-state index in [0.29, 0.717) is 17.4 Å². The number of carbonyl (C=O) groups excluding carboxylic acids is 3. The first-order chi connectivity index (χ1) is 19.2. The molecule has 1 aromatic carbocycles. The lowest BCUT2D eigenvalue weighted by Gasteiger charge is -2.21. The zero-order chi connectivity index (χ0) is 30.4. The largest absolute Gasteiger partial charge is 0.496 e. The van der Waals surface area contributed by atoms with Crippen molar-refractivity contribution in [2.75, 3.05) is 7.11 Å². The predicted octanol–water partition coefficient (Wildman–Crippen LogP) is 3.75. The van der Waals surface area contributed by atoms with Crippen molar-refractivity contribution in [3.63, 3.8) is 0 Å². The number of carbonyl (C=O) groups is 3. The van der Waals surface area contributed by atoms with E-state index in [2.05, 4.69) is 26.0 Å². The summed E-state index contributed by atoms with van der Waals surface area (Å²) >= 11 is 0. The first-order valence-corrected chi connectivity index (χ1v) is 12.5. The highest BCUT2D eigenvalue weighted by Crippen LogP contribution is 2.29. The van der Waals surface area contributed by atoms with E-state index >= 15 is 0 Å². The number of alkyl carbamates (subject to hydrolysis) is 1. The summed E-state index contributed by atoms with van der Waals surface area (Å²) in [5.74, 6) is -0.932. The summed E-state index contributed by atoms with van der Waals surface area (Å²) in [5.41, 5.74) is -1.52. The number of nitrogens with zero attached hydrogens (tertiary/aromatic N) is 3. The second kappa shape index (κ2) is 12.7. The van der Waals surface area contributed by atoms with Crippen molar-refractivity contribution >= 4 is 17.9 Å². The van der Waals surface area contributed by atoms with Gasteiger partial charge in [-0.2, -0.15) is 18.3 Å². The minimum Gasteiger partial charge on any atom is -0.496 e. The molecule has 11 nitrogen and oxygen atoms in total. The Kier molecular flexibility index (Phi) is 9.58. The number of rotatable bonds is 9. The number of hydrogen-bond donors (Lipinski definition) is 3. The van der Waals surface area contributed by atoms with Crippen LogP contribution in [0.5, 0.6) is 5.75 Å². The van der Waals surface area contributed by atoms with Crippen molar-refractivity contribution in [2.45, 2.75) is 58.6 Å². The highest BCUT2D eigenvalue weighted by Gasteiger charge is 2.36. The number of aromatic nitrogens is 3. The van der Waals surface area contributed by atoms with Gasteiger partial charge in [-0.05, 0) is 45.9 Å². The second-order valence-corrected chi connectivity index (χ2v) is 9.89. The summed E-state index contributed by atoms with van der Waals surface area (Å²) in [4.78, 5) is 41.6. The van der Waals surface area contributed by atoms with Crippen molar-refractivity contribution in [1.82, 2.24) is 30.7 Å². The van der Waals surface area contributed by atoms with E-state index in [0.717, 1.165) is 4.68 Å². The lowest BCUT2D eigenvalue weighted by molar-refractivity contribution is -0.141. The van der Waals surface area contributed by atoms with Crippen LogP contribution in [0.3, 0.4) is 0 Å². The van der Waals surface area contributed by atoms with E-state index in [1.165, 1.54) is 32.2 Å². The minimum atomic E-state index is -4.81. The standard InChI is InChI=1S/C27H31F3N6O5/c1-16(33-25(39)41-26(2,3)4)23(37)32-15-18-10-8-12-22(34-18)36-19(13-21(35-36)27(28,29)30)24(38)31-14-17-9-6-7-11-20(17)40-5/h6-13,16H,14-15H2,1-5H3,(H,31,38)(H,32,37)(H,33,39). The number of amides is 3. The summed E-state index contributed by atoms with van der Waals surface area (Å²) in [6.45, 7) is 6.38. The Morgan fingerprint density at radius 3 is 2.37 bits per heavy atom. The molecule has 0 fully saturated rings. The summed E-state index contributed by atoms with van der Waals surface area (Å²) < 4.78 is 51.7. The van der Waals surface area contributed by atoms with Crippen LogP contribution in [0.15, 0.2) is 48.5 Å². The maximum Gasteiger partial charge on any atom is 0.435 e. The van der Waals surface area contributed by atoms with Crippen LogP contribution >= 0.6 is 0 Å². The number of hydrogen-bond acceptors (Lipinski definition) is 7. The van der Waals surface area contributed by atoms with Crippen LogP contribution in [0, 0.1) is 0 Å². The third-order valence-corrected chi connectivity index (χ3v) is 5.44. The normalized spacial score (nSPS) is 12.3. The van der Waals surface area contributed by atoms with Crippen molar-refractivity contribution in [1.29, 1.82) is 0 Å². The van der Waals surface area contributed by atoms with Gasteiger partial charge in [0.05, 0.1) is 19.3 Å². The fraction of sp³-hybridized carbons (Fsp3) is 0.370. The third-order valence-electron chi connectivity index (χ3n) is 5.44. The molecule has 3 N–H and O–H groups in total. The monoisotopic (exact) mass is 576 g/mol. The molecule has 3 aromatic rings. The van der Waals surface area contributed by atoms with Gasteiger partial charge in [-0.15, -0.1) is 0 Å². The van der Waals surface area contributed by atoms with E-state index in [1.54, 1.807) is 45.0 Å². The molecule has 14 heteroatoms. The number of methoxy groups -OCH3 is 1. The van der Waals surface area contributed by atoms with Crippen LogP contribution in [-0.4, -0.2) is 51.4 Å². The molecular formula is C27H31F3N6O5.